The average molecular weight is 216 g/mol. The SMILES string of the molecule is CCOC(=O)CCNCCCNC(C)=O. The standard InChI is InChI=1S/C10H20N2O3/c1-3-15-10(14)5-8-11-6-4-7-12-9(2)13/h11H,3-8H2,1-2H3,(H,12,13). The van der Waals surface area contributed by atoms with Gasteiger partial charge >= 0.3 is 5.97 Å². The number of carbonyl (C=O) groups is 2. The third-order valence-corrected chi connectivity index (χ3v) is 1.72. The Hall–Kier alpha value is -1.10. The number of hydrogen-bond acceptors (Lipinski definition) is 4. The largest absolute Gasteiger partial charge is 0.466 e. The third-order valence-electron chi connectivity index (χ3n) is 1.72. The van der Waals surface area contributed by atoms with Crippen LogP contribution in [0.3, 0.4) is 0 Å². The first-order chi connectivity index (χ1) is 7.16. The van der Waals surface area contributed by atoms with Crippen molar-refractivity contribution >= 4 is 11.9 Å². The van der Waals surface area contributed by atoms with Crippen molar-refractivity contribution in [2.24, 2.45) is 0 Å². The van der Waals surface area contributed by atoms with Gasteiger partial charge in [0.2, 0.25) is 5.91 Å². The molecule has 15 heavy (non-hydrogen) atoms. The third kappa shape index (κ3) is 10.8. The Morgan fingerprint density at radius 3 is 2.53 bits per heavy atom. The second-order valence-electron chi connectivity index (χ2n) is 3.14. The topological polar surface area (TPSA) is 67.4 Å². The quantitative estimate of drug-likeness (QED) is 0.444. The van der Waals surface area contributed by atoms with Gasteiger partial charge in [-0.2, -0.15) is 0 Å². The summed E-state index contributed by atoms with van der Waals surface area (Å²) in [5, 5.41) is 5.79. The zero-order chi connectivity index (χ0) is 11.5. The van der Waals surface area contributed by atoms with Crippen LogP contribution in [0.2, 0.25) is 0 Å². The van der Waals surface area contributed by atoms with Crippen molar-refractivity contribution in [3.63, 3.8) is 0 Å². The van der Waals surface area contributed by atoms with Crippen LogP contribution < -0.4 is 10.6 Å². The van der Waals surface area contributed by atoms with Crippen molar-refractivity contribution in [3.05, 3.63) is 0 Å². The molecule has 0 aromatic carbocycles. The van der Waals surface area contributed by atoms with Gasteiger partial charge in [-0.15, -0.1) is 0 Å². The highest BCUT2D eigenvalue weighted by molar-refractivity contribution is 5.72. The molecule has 0 radical (unpaired) electrons. The first-order valence-electron chi connectivity index (χ1n) is 5.27. The molecule has 0 atom stereocenters. The molecule has 0 heterocycles. The lowest BCUT2D eigenvalue weighted by Gasteiger charge is -2.04. The summed E-state index contributed by atoms with van der Waals surface area (Å²) in [6.07, 6.45) is 1.26. The molecule has 0 aliphatic heterocycles. The van der Waals surface area contributed by atoms with E-state index in [0.29, 0.717) is 26.1 Å². The predicted octanol–water partition coefficient (Wildman–Crippen LogP) is 0.0554. The van der Waals surface area contributed by atoms with E-state index >= 15 is 0 Å². The fraction of sp³-hybridized carbons (Fsp3) is 0.800. The number of nitrogens with one attached hydrogen (secondary N) is 2. The molecule has 0 aliphatic rings. The van der Waals surface area contributed by atoms with Gasteiger partial charge in [-0.25, -0.2) is 0 Å². The van der Waals surface area contributed by atoms with E-state index < -0.39 is 0 Å². The van der Waals surface area contributed by atoms with Gasteiger partial charge in [-0.1, -0.05) is 0 Å². The Morgan fingerprint density at radius 1 is 1.20 bits per heavy atom. The summed E-state index contributed by atoms with van der Waals surface area (Å²) >= 11 is 0. The summed E-state index contributed by atoms with van der Waals surface area (Å²) in [6.45, 7) is 5.80. The Labute approximate surface area is 90.6 Å². The molecule has 0 fully saturated rings. The van der Waals surface area contributed by atoms with Crippen LogP contribution in [0.25, 0.3) is 0 Å². The fourth-order valence-electron chi connectivity index (χ4n) is 1.03. The maximum Gasteiger partial charge on any atom is 0.307 e. The second kappa shape index (κ2) is 9.45. The van der Waals surface area contributed by atoms with Gasteiger partial charge in [-0.05, 0) is 19.9 Å². The number of hydrogen-bond donors (Lipinski definition) is 2. The summed E-state index contributed by atoms with van der Waals surface area (Å²) in [5.41, 5.74) is 0. The van der Waals surface area contributed by atoms with Crippen molar-refractivity contribution in [2.75, 3.05) is 26.2 Å². The summed E-state index contributed by atoms with van der Waals surface area (Å²) < 4.78 is 4.77. The van der Waals surface area contributed by atoms with E-state index in [1.165, 1.54) is 6.92 Å². The van der Waals surface area contributed by atoms with Crippen LogP contribution in [0.1, 0.15) is 26.7 Å². The van der Waals surface area contributed by atoms with E-state index in [1.54, 1.807) is 6.92 Å². The van der Waals surface area contributed by atoms with Gasteiger partial charge in [0, 0.05) is 20.0 Å². The summed E-state index contributed by atoms with van der Waals surface area (Å²) in [7, 11) is 0. The average Bonchev–Trinajstić information content (AvgIpc) is 2.16. The number of ether oxygens (including phenoxy) is 1. The first-order valence-corrected chi connectivity index (χ1v) is 5.27. The molecule has 0 aliphatic carbocycles. The molecular formula is C10H20N2O3. The predicted molar refractivity (Wildman–Crippen MR) is 57.4 cm³/mol. The van der Waals surface area contributed by atoms with Gasteiger partial charge in [0.15, 0.2) is 0 Å². The summed E-state index contributed by atoms with van der Waals surface area (Å²) in [5.74, 6) is -0.187. The van der Waals surface area contributed by atoms with Crippen LogP contribution in [0.15, 0.2) is 0 Å². The van der Waals surface area contributed by atoms with Crippen LogP contribution in [-0.4, -0.2) is 38.1 Å². The monoisotopic (exact) mass is 216 g/mol. The van der Waals surface area contributed by atoms with Gasteiger partial charge in [0.25, 0.3) is 0 Å². The van der Waals surface area contributed by atoms with Crippen molar-refractivity contribution in [1.29, 1.82) is 0 Å². The molecule has 0 saturated carbocycles. The molecule has 0 unspecified atom stereocenters. The van der Waals surface area contributed by atoms with Crippen LogP contribution in [0, 0.1) is 0 Å². The number of amides is 1. The molecule has 5 nitrogen and oxygen atoms in total. The van der Waals surface area contributed by atoms with Crippen LogP contribution in [-0.2, 0) is 14.3 Å². The molecule has 0 aromatic heterocycles. The summed E-state index contributed by atoms with van der Waals surface area (Å²) in [4.78, 5) is 21.4. The lowest BCUT2D eigenvalue weighted by atomic mass is 10.4. The van der Waals surface area contributed by atoms with Crippen LogP contribution in [0.5, 0.6) is 0 Å². The Balaban J connectivity index is 3.11. The minimum atomic E-state index is -0.174. The first kappa shape index (κ1) is 13.9. The minimum Gasteiger partial charge on any atom is -0.466 e. The van der Waals surface area contributed by atoms with Crippen LogP contribution >= 0.6 is 0 Å². The molecule has 0 saturated heterocycles. The lowest BCUT2D eigenvalue weighted by Crippen LogP contribution is -2.26. The molecule has 2 N–H and O–H groups in total. The molecular weight excluding hydrogens is 196 g/mol. The van der Waals surface area contributed by atoms with Gasteiger partial charge < -0.3 is 15.4 Å². The van der Waals surface area contributed by atoms with E-state index in [2.05, 4.69) is 10.6 Å². The Bertz CT molecular complexity index is 195. The Morgan fingerprint density at radius 2 is 1.93 bits per heavy atom. The molecule has 5 heteroatoms. The van der Waals surface area contributed by atoms with Crippen molar-refractivity contribution in [1.82, 2.24) is 10.6 Å². The van der Waals surface area contributed by atoms with E-state index in [9.17, 15) is 9.59 Å². The molecule has 0 bridgehead atoms. The molecule has 88 valence electrons. The maximum atomic E-state index is 10.9. The zero-order valence-electron chi connectivity index (χ0n) is 9.47. The van der Waals surface area contributed by atoms with Gasteiger partial charge in [0.1, 0.15) is 0 Å². The normalized spacial score (nSPS) is 9.73. The van der Waals surface area contributed by atoms with Crippen molar-refractivity contribution in [2.45, 2.75) is 26.7 Å². The lowest BCUT2D eigenvalue weighted by molar-refractivity contribution is -0.143. The van der Waals surface area contributed by atoms with Gasteiger partial charge in [0.05, 0.1) is 13.0 Å². The minimum absolute atomic E-state index is 0.0125. The highest BCUT2D eigenvalue weighted by Gasteiger charge is 1.99. The smallest absolute Gasteiger partial charge is 0.307 e. The molecule has 0 rings (SSSR count). The van der Waals surface area contributed by atoms with Gasteiger partial charge in [-0.3, -0.25) is 9.59 Å². The number of esters is 1. The Kier molecular flexibility index (Phi) is 8.76. The fourth-order valence-corrected chi connectivity index (χ4v) is 1.03. The maximum absolute atomic E-state index is 10.9. The second-order valence-corrected chi connectivity index (χ2v) is 3.14. The molecule has 1 amide bonds. The van der Waals surface area contributed by atoms with Crippen LogP contribution in [0.4, 0.5) is 0 Å². The number of rotatable bonds is 8. The van der Waals surface area contributed by atoms with E-state index in [-0.39, 0.29) is 11.9 Å². The highest BCUT2D eigenvalue weighted by Crippen LogP contribution is 1.84. The molecule has 0 spiro atoms. The highest BCUT2D eigenvalue weighted by atomic mass is 16.5. The molecule has 0 aromatic rings. The van der Waals surface area contributed by atoms with Crippen molar-refractivity contribution < 1.29 is 14.3 Å². The van der Waals surface area contributed by atoms with E-state index in [4.69, 9.17) is 4.74 Å². The zero-order valence-corrected chi connectivity index (χ0v) is 9.47. The van der Waals surface area contributed by atoms with Crippen molar-refractivity contribution in [3.8, 4) is 0 Å². The summed E-state index contributed by atoms with van der Waals surface area (Å²) in [6, 6.07) is 0. The van der Waals surface area contributed by atoms with E-state index in [1.807, 2.05) is 0 Å². The van der Waals surface area contributed by atoms with E-state index in [0.717, 1.165) is 13.0 Å². The number of carbonyl (C=O) groups excluding carboxylic acids is 2.